The molecule has 0 saturated heterocycles. The van der Waals surface area contributed by atoms with E-state index in [2.05, 4.69) is 20.1 Å². The SMILES string of the molecule is CC(C(=O)Nc1ccc(S(=O)(=O)Nc2nccs2)cc1)n1nc(-c2ccccc2)ccc1=O. The molecule has 0 fully saturated rings. The number of nitrogens with zero attached hydrogens (tertiary/aromatic N) is 3. The van der Waals surface area contributed by atoms with E-state index in [9.17, 15) is 18.0 Å². The highest BCUT2D eigenvalue weighted by Gasteiger charge is 2.19. The van der Waals surface area contributed by atoms with E-state index in [4.69, 9.17) is 0 Å². The zero-order chi connectivity index (χ0) is 23.4. The van der Waals surface area contributed by atoms with Crippen molar-refractivity contribution >= 4 is 38.1 Å². The quantitative estimate of drug-likeness (QED) is 0.417. The minimum Gasteiger partial charge on any atom is -0.324 e. The Morgan fingerprint density at radius 2 is 1.76 bits per heavy atom. The zero-order valence-corrected chi connectivity index (χ0v) is 19.0. The first-order chi connectivity index (χ1) is 15.8. The standard InChI is InChI=1S/C22H19N5O4S2/c1-15(27-20(28)12-11-19(25-27)16-5-3-2-4-6-16)21(29)24-17-7-9-18(10-8-17)33(30,31)26-22-23-13-14-32-22/h2-15H,1H3,(H,23,26)(H,24,29). The largest absolute Gasteiger partial charge is 0.324 e. The molecular weight excluding hydrogens is 462 g/mol. The van der Waals surface area contributed by atoms with Crippen LogP contribution in [0.2, 0.25) is 0 Å². The maximum absolute atomic E-state index is 12.8. The van der Waals surface area contributed by atoms with Crippen LogP contribution in [0.3, 0.4) is 0 Å². The van der Waals surface area contributed by atoms with Gasteiger partial charge in [-0.05, 0) is 37.3 Å². The highest BCUT2D eigenvalue weighted by Crippen LogP contribution is 2.20. The molecule has 4 rings (SSSR count). The van der Waals surface area contributed by atoms with Gasteiger partial charge in [0.15, 0.2) is 5.13 Å². The second kappa shape index (κ2) is 9.35. The first-order valence-corrected chi connectivity index (χ1v) is 12.2. The van der Waals surface area contributed by atoms with Gasteiger partial charge in [0, 0.05) is 28.9 Å². The average Bonchev–Trinajstić information content (AvgIpc) is 3.32. The van der Waals surface area contributed by atoms with Crippen LogP contribution in [-0.4, -0.2) is 29.1 Å². The number of hydrogen-bond donors (Lipinski definition) is 2. The van der Waals surface area contributed by atoms with Crippen LogP contribution in [0.4, 0.5) is 10.8 Å². The average molecular weight is 482 g/mol. The van der Waals surface area contributed by atoms with Crippen LogP contribution in [0.1, 0.15) is 13.0 Å². The van der Waals surface area contributed by atoms with Crippen molar-refractivity contribution in [2.75, 3.05) is 10.0 Å². The van der Waals surface area contributed by atoms with Crippen LogP contribution in [0.25, 0.3) is 11.3 Å². The molecule has 1 amide bonds. The van der Waals surface area contributed by atoms with Crippen molar-refractivity contribution < 1.29 is 13.2 Å². The second-order valence-electron chi connectivity index (χ2n) is 7.00. The Balaban J connectivity index is 1.49. The minimum atomic E-state index is -3.79. The van der Waals surface area contributed by atoms with Crippen LogP contribution in [-0.2, 0) is 14.8 Å². The number of anilines is 2. The smallest absolute Gasteiger partial charge is 0.267 e. The molecule has 4 aromatic rings. The van der Waals surface area contributed by atoms with Gasteiger partial charge in [0.2, 0.25) is 5.91 Å². The topological polar surface area (TPSA) is 123 Å². The Bertz CT molecular complexity index is 1420. The molecule has 168 valence electrons. The molecular formula is C22H19N5O4S2. The van der Waals surface area contributed by atoms with Crippen LogP contribution in [0, 0.1) is 0 Å². The van der Waals surface area contributed by atoms with Crippen molar-refractivity contribution in [3.8, 4) is 11.3 Å². The predicted molar refractivity (Wildman–Crippen MR) is 127 cm³/mol. The number of aromatic nitrogens is 3. The minimum absolute atomic E-state index is 0.0252. The number of carbonyl (C=O) groups is 1. The summed E-state index contributed by atoms with van der Waals surface area (Å²) in [5.74, 6) is -0.466. The van der Waals surface area contributed by atoms with E-state index in [-0.39, 0.29) is 10.0 Å². The van der Waals surface area contributed by atoms with Crippen molar-refractivity contribution in [1.82, 2.24) is 14.8 Å². The van der Waals surface area contributed by atoms with Gasteiger partial charge in [0.05, 0.1) is 10.6 Å². The fourth-order valence-corrected chi connectivity index (χ4v) is 4.78. The van der Waals surface area contributed by atoms with Gasteiger partial charge in [0.1, 0.15) is 6.04 Å². The number of hydrogen-bond acceptors (Lipinski definition) is 7. The number of carbonyl (C=O) groups excluding carboxylic acids is 1. The summed E-state index contributed by atoms with van der Waals surface area (Å²) in [4.78, 5) is 29.0. The van der Waals surface area contributed by atoms with E-state index < -0.39 is 27.5 Å². The van der Waals surface area contributed by atoms with Gasteiger partial charge in [-0.2, -0.15) is 5.10 Å². The summed E-state index contributed by atoms with van der Waals surface area (Å²) in [5.41, 5.74) is 1.36. The molecule has 0 spiro atoms. The maximum Gasteiger partial charge on any atom is 0.267 e. The Kier molecular flexibility index (Phi) is 6.33. The molecule has 2 aromatic heterocycles. The number of nitrogens with one attached hydrogen (secondary N) is 2. The maximum atomic E-state index is 12.8. The number of thiazole rings is 1. The lowest BCUT2D eigenvalue weighted by Crippen LogP contribution is -2.33. The van der Waals surface area contributed by atoms with Gasteiger partial charge in [-0.15, -0.1) is 11.3 Å². The summed E-state index contributed by atoms with van der Waals surface area (Å²) in [7, 11) is -3.79. The van der Waals surface area contributed by atoms with Crippen LogP contribution < -0.4 is 15.6 Å². The lowest BCUT2D eigenvalue weighted by molar-refractivity contribution is -0.119. The third-order valence-corrected chi connectivity index (χ3v) is 6.90. The van der Waals surface area contributed by atoms with Gasteiger partial charge in [-0.3, -0.25) is 14.3 Å². The third-order valence-electron chi connectivity index (χ3n) is 4.73. The Labute approximate surface area is 193 Å². The van der Waals surface area contributed by atoms with Crippen molar-refractivity contribution in [3.63, 3.8) is 0 Å². The molecule has 11 heteroatoms. The normalized spacial score (nSPS) is 12.2. The molecule has 0 aliphatic heterocycles. The van der Waals surface area contributed by atoms with Crippen LogP contribution in [0.5, 0.6) is 0 Å². The molecule has 9 nitrogen and oxygen atoms in total. The molecule has 0 bridgehead atoms. The zero-order valence-electron chi connectivity index (χ0n) is 17.4. The fraction of sp³-hybridized carbons (Fsp3) is 0.0909. The van der Waals surface area contributed by atoms with Crippen molar-refractivity contribution in [2.24, 2.45) is 0 Å². The third kappa shape index (κ3) is 5.16. The Hall–Kier alpha value is -3.83. The molecule has 33 heavy (non-hydrogen) atoms. The summed E-state index contributed by atoms with van der Waals surface area (Å²) >= 11 is 1.17. The molecule has 0 aliphatic carbocycles. The van der Waals surface area contributed by atoms with E-state index in [1.54, 1.807) is 18.4 Å². The van der Waals surface area contributed by atoms with E-state index in [1.165, 1.54) is 47.9 Å². The molecule has 0 radical (unpaired) electrons. The van der Waals surface area contributed by atoms with Crippen molar-refractivity contribution in [1.29, 1.82) is 0 Å². The molecule has 0 saturated carbocycles. The van der Waals surface area contributed by atoms with Crippen molar-refractivity contribution in [2.45, 2.75) is 17.9 Å². The van der Waals surface area contributed by atoms with E-state index >= 15 is 0 Å². The molecule has 1 atom stereocenters. The second-order valence-corrected chi connectivity index (χ2v) is 9.58. The summed E-state index contributed by atoms with van der Waals surface area (Å²) in [5, 5.41) is 8.95. The molecule has 2 heterocycles. The van der Waals surface area contributed by atoms with E-state index in [1.807, 2.05) is 30.3 Å². The number of amides is 1. The lowest BCUT2D eigenvalue weighted by Gasteiger charge is -2.15. The number of rotatable bonds is 7. The summed E-state index contributed by atoms with van der Waals surface area (Å²) < 4.78 is 28.4. The molecule has 2 N–H and O–H groups in total. The monoisotopic (exact) mass is 481 g/mol. The molecule has 0 aliphatic rings. The lowest BCUT2D eigenvalue weighted by atomic mass is 10.1. The first kappa shape index (κ1) is 22.4. The number of sulfonamides is 1. The highest BCUT2D eigenvalue weighted by atomic mass is 32.2. The van der Waals surface area contributed by atoms with Crippen LogP contribution in [0.15, 0.2) is 88.0 Å². The van der Waals surface area contributed by atoms with Gasteiger partial charge in [-0.1, -0.05) is 30.3 Å². The summed E-state index contributed by atoms with van der Waals surface area (Å²) in [6.07, 6.45) is 1.50. The van der Waals surface area contributed by atoms with Crippen LogP contribution >= 0.6 is 11.3 Å². The summed E-state index contributed by atoms with van der Waals surface area (Å²) in [6.45, 7) is 1.56. The molecule has 1 unspecified atom stereocenters. The Morgan fingerprint density at radius 1 is 1.03 bits per heavy atom. The highest BCUT2D eigenvalue weighted by molar-refractivity contribution is 7.93. The fourth-order valence-electron chi connectivity index (χ4n) is 2.99. The van der Waals surface area contributed by atoms with Gasteiger partial charge < -0.3 is 5.32 Å². The van der Waals surface area contributed by atoms with Gasteiger partial charge >= 0.3 is 0 Å². The van der Waals surface area contributed by atoms with Gasteiger partial charge in [0.25, 0.3) is 15.6 Å². The Morgan fingerprint density at radius 3 is 2.42 bits per heavy atom. The number of benzene rings is 2. The first-order valence-electron chi connectivity index (χ1n) is 9.82. The van der Waals surface area contributed by atoms with E-state index in [0.29, 0.717) is 11.4 Å². The molecule has 2 aromatic carbocycles. The van der Waals surface area contributed by atoms with Gasteiger partial charge in [-0.25, -0.2) is 18.1 Å². The summed E-state index contributed by atoms with van der Waals surface area (Å²) in [6, 6.07) is 17.1. The predicted octanol–water partition coefficient (Wildman–Crippen LogP) is 3.37. The van der Waals surface area contributed by atoms with Crippen molar-refractivity contribution in [3.05, 3.63) is 88.7 Å². The van der Waals surface area contributed by atoms with E-state index in [0.717, 1.165) is 10.2 Å².